The van der Waals surface area contributed by atoms with Gasteiger partial charge in [-0.2, -0.15) is 0 Å². The Labute approximate surface area is 137 Å². The SMILES string of the molecule is CCCCCCCCCC(C)(O)COCCOCC(C)(C)O. The summed E-state index contributed by atoms with van der Waals surface area (Å²) in [6.07, 6.45) is 9.55. The third-order valence-corrected chi connectivity index (χ3v) is 3.56. The van der Waals surface area contributed by atoms with Crippen LogP contribution >= 0.6 is 0 Å². The normalized spacial score (nSPS) is 15.0. The van der Waals surface area contributed by atoms with Gasteiger partial charge >= 0.3 is 0 Å². The van der Waals surface area contributed by atoms with Gasteiger partial charge in [-0.15, -0.1) is 0 Å². The van der Waals surface area contributed by atoms with Crippen molar-refractivity contribution >= 4 is 0 Å². The molecule has 0 spiro atoms. The number of rotatable bonds is 15. The van der Waals surface area contributed by atoms with Gasteiger partial charge in [-0.25, -0.2) is 0 Å². The Morgan fingerprint density at radius 2 is 1.23 bits per heavy atom. The van der Waals surface area contributed by atoms with Crippen molar-refractivity contribution < 1.29 is 19.7 Å². The van der Waals surface area contributed by atoms with Crippen LogP contribution in [0.25, 0.3) is 0 Å². The van der Waals surface area contributed by atoms with Crippen LogP contribution in [0.2, 0.25) is 0 Å². The summed E-state index contributed by atoms with van der Waals surface area (Å²) in [5.41, 5.74) is -1.55. The molecule has 0 fully saturated rings. The molecule has 0 bridgehead atoms. The molecule has 0 saturated carbocycles. The summed E-state index contributed by atoms with van der Waals surface area (Å²) in [5, 5.41) is 19.7. The topological polar surface area (TPSA) is 58.9 Å². The van der Waals surface area contributed by atoms with Crippen molar-refractivity contribution in [3.63, 3.8) is 0 Å². The van der Waals surface area contributed by atoms with Crippen molar-refractivity contribution in [3.05, 3.63) is 0 Å². The number of ether oxygens (including phenoxy) is 2. The molecule has 0 aliphatic carbocycles. The minimum Gasteiger partial charge on any atom is -0.388 e. The van der Waals surface area contributed by atoms with Crippen LogP contribution < -0.4 is 0 Å². The summed E-state index contributed by atoms with van der Waals surface area (Å²) < 4.78 is 10.8. The van der Waals surface area contributed by atoms with Gasteiger partial charge in [-0.3, -0.25) is 0 Å². The molecule has 4 nitrogen and oxygen atoms in total. The fourth-order valence-corrected chi connectivity index (χ4v) is 2.27. The molecule has 0 aliphatic heterocycles. The van der Waals surface area contributed by atoms with Gasteiger partial charge in [0.15, 0.2) is 0 Å². The molecule has 2 N–H and O–H groups in total. The number of hydrogen-bond acceptors (Lipinski definition) is 4. The van der Waals surface area contributed by atoms with E-state index >= 15 is 0 Å². The Morgan fingerprint density at radius 1 is 0.727 bits per heavy atom. The molecule has 0 rings (SSSR count). The molecule has 134 valence electrons. The lowest BCUT2D eigenvalue weighted by Crippen LogP contribution is -2.32. The quantitative estimate of drug-likeness (QED) is 0.452. The van der Waals surface area contributed by atoms with Crippen LogP contribution in [-0.4, -0.2) is 47.8 Å². The van der Waals surface area contributed by atoms with Crippen molar-refractivity contribution in [2.24, 2.45) is 0 Å². The first-order valence-electron chi connectivity index (χ1n) is 8.87. The minimum atomic E-state index is -0.803. The summed E-state index contributed by atoms with van der Waals surface area (Å²) >= 11 is 0. The summed E-state index contributed by atoms with van der Waals surface area (Å²) in [6.45, 7) is 9.01. The fourth-order valence-electron chi connectivity index (χ4n) is 2.27. The smallest absolute Gasteiger partial charge is 0.0852 e. The zero-order chi connectivity index (χ0) is 16.9. The maximum atomic E-state index is 10.2. The highest BCUT2D eigenvalue weighted by molar-refractivity contribution is 4.71. The first-order chi connectivity index (χ1) is 10.3. The second-order valence-electron chi connectivity index (χ2n) is 7.29. The van der Waals surface area contributed by atoms with E-state index in [0.717, 1.165) is 12.8 Å². The van der Waals surface area contributed by atoms with Crippen molar-refractivity contribution in [3.8, 4) is 0 Å². The molecule has 0 aromatic heterocycles. The van der Waals surface area contributed by atoms with Crippen LogP contribution in [0.4, 0.5) is 0 Å². The average Bonchev–Trinajstić information content (AvgIpc) is 2.40. The molecule has 1 unspecified atom stereocenters. The lowest BCUT2D eigenvalue weighted by Gasteiger charge is -2.23. The van der Waals surface area contributed by atoms with Crippen molar-refractivity contribution in [1.29, 1.82) is 0 Å². The van der Waals surface area contributed by atoms with E-state index < -0.39 is 11.2 Å². The molecule has 0 heterocycles. The first-order valence-corrected chi connectivity index (χ1v) is 8.87. The van der Waals surface area contributed by atoms with E-state index in [-0.39, 0.29) is 0 Å². The van der Waals surface area contributed by atoms with E-state index in [9.17, 15) is 10.2 Å². The number of aliphatic hydroxyl groups is 2. The van der Waals surface area contributed by atoms with Crippen molar-refractivity contribution in [2.45, 2.75) is 90.3 Å². The fraction of sp³-hybridized carbons (Fsp3) is 1.00. The molecule has 0 aromatic carbocycles. The highest BCUT2D eigenvalue weighted by Gasteiger charge is 2.20. The molecular formula is C18H38O4. The predicted octanol–water partition coefficient (Wildman–Crippen LogP) is 3.68. The first kappa shape index (κ1) is 21.8. The second kappa shape index (κ2) is 12.3. The van der Waals surface area contributed by atoms with Gasteiger partial charge in [0.2, 0.25) is 0 Å². The second-order valence-corrected chi connectivity index (χ2v) is 7.29. The van der Waals surface area contributed by atoms with Gasteiger partial charge in [0.05, 0.1) is 37.6 Å². The third kappa shape index (κ3) is 16.2. The maximum Gasteiger partial charge on any atom is 0.0852 e. The standard InChI is InChI=1S/C18H38O4/c1-5-6-7-8-9-10-11-12-18(4,20)16-22-14-13-21-15-17(2,3)19/h19-20H,5-16H2,1-4H3. The lowest BCUT2D eigenvalue weighted by molar-refractivity contribution is -0.0689. The minimum absolute atomic E-state index is 0.296. The van der Waals surface area contributed by atoms with Crippen LogP contribution in [0.1, 0.15) is 79.1 Å². The Bertz CT molecular complexity index is 246. The Kier molecular flexibility index (Phi) is 12.2. The molecule has 0 saturated heterocycles. The number of unbranched alkanes of at least 4 members (excludes halogenated alkanes) is 6. The molecule has 4 heteroatoms. The Balaban J connectivity index is 3.45. The van der Waals surface area contributed by atoms with Gasteiger partial charge < -0.3 is 19.7 Å². The van der Waals surface area contributed by atoms with Crippen molar-refractivity contribution in [1.82, 2.24) is 0 Å². The zero-order valence-electron chi connectivity index (χ0n) is 15.2. The van der Waals surface area contributed by atoms with E-state index in [1.165, 1.54) is 38.5 Å². The van der Waals surface area contributed by atoms with E-state index in [4.69, 9.17) is 9.47 Å². The van der Waals surface area contributed by atoms with Gasteiger partial charge in [0.1, 0.15) is 0 Å². The van der Waals surface area contributed by atoms with Crippen LogP contribution in [0, 0.1) is 0 Å². The molecule has 0 aromatic rings. The van der Waals surface area contributed by atoms with E-state index in [1.807, 2.05) is 6.92 Å². The molecular weight excluding hydrogens is 280 g/mol. The summed E-state index contributed by atoms with van der Waals surface area (Å²) in [4.78, 5) is 0. The number of hydrogen-bond donors (Lipinski definition) is 2. The van der Waals surface area contributed by atoms with E-state index in [1.54, 1.807) is 13.8 Å². The van der Waals surface area contributed by atoms with Gasteiger partial charge in [-0.1, -0.05) is 51.9 Å². The van der Waals surface area contributed by atoms with Crippen LogP contribution in [0.3, 0.4) is 0 Å². The van der Waals surface area contributed by atoms with Crippen LogP contribution in [-0.2, 0) is 9.47 Å². The van der Waals surface area contributed by atoms with Gasteiger partial charge in [0.25, 0.3) is 0 Å². The van der Waals surface area contributed by atoms with E-state index in [0.29, 0.717) is 26.4 Å². The van der Waals surface area contributed by atoms with Crippen LogP contribution in [0.5, 0.6) is 0 Å². The van der Waals surface area contributed by atoms with E-state index in [2.05, 4.69) is 6.92 Å². The summed E-state index contributed by atoms with van der Waals surface area (Å²) in [5.74, 6) is 0. The molecule has 0 radical (unpaired) electrons. The van der Waals surface area contributed by atoms with Gasteiger partial charge in [-0.05, 0) is 27.2 Å². The van der Waals surface area contributed by atoms with Gasteiger partial charge in [0, 0.05) is 0 Å². The highest BCUT2D eigenvalue weighted by atomic mass is 16.5. The van der Waals surface area contributed by atoms with Crippen molar-refractivity contribution in [2.75, 3.05) is 26.4 Å². The molecule has 0 aliphatic rings. The lowest BCUT2D eigenvalue weighted by atomic mass is 9.98. The summed E-state index contributed by atoms with van der Waals surface area (Å²) in [7, 11) is 0. The molecule has 1 atom stereocenters. The maximum absolute atomic E-state index is 10.2. The Hall–Kier alpha value is -0.160. The third-order valence-electron chi connectivity index (χ3n) is 3.56. The average molecular weight is 318 g/mol. The largest absolute Gasteiger partial charge is 0.388 e. The predicted molar refractivity (Wildman–Crippen MR) is 91.2 cm³/mol. The Morgan fingerprint density at radius 3 is 1.77 bits per heavy atom. The molecule has 22 heavy (non-hydrogen) atoms. The zero-order valence-corrected chi connectivity index (χ0v) is 15.2. The summed E-state index contributed by atoms with van der Waals surface area (Å²) in [6, 6.07) is 0. The molecule has 0 amide bonds. The highest BCUT2D eigenvalue weighted by Crippen LogP contribution is 2.16. The monoisotopic (exact) mass is 318 g/mol. The van der Waals surface area contributed by atoms with Crippen LogP contribution in [0.15, 0.2) is 0 Å².